The second-order valence-corrected chi connectivity index (χ2v) is 12.1. The number of hydrogen-bond acceptors (Lipinski definition) is 5. The number of alkyl halides is 3. The normalized spacial score (nSPS) is 16.7. The number of nitrogens with zero attached hydrogens (tertiary/aromatic N) is 1. The molecule has 0 spiro atoms. The molecule has 0 radical (unpaired) electrons. The number of rotatable bonds is 5. The van der Waals surface area contributed by atoms with Crippen molar-refractivity contribution in [2.75, 3.05) is 16.2 Å². The Morgan fingerprint density at radius 1 is 1.11 bits per heavy atom. The van der Waals surface area contributed by atoms with Crippen molar-refractivity contribution in [2.24, 2.45) is 5.41 Å². The summed E-state index contributed by atoms with van der Waals surface area (Å²) in [7, 11) is -4.18. The lowest BCUT2D eigenvalue weighted by atomic mass is 9.89. The highest BCUT2D eigenvalue weighted by atomic mass is 32.2. The van der Waals surface area contributed by atoms with Crippen molar-refractivity contribution in [3.05, 3.63) is 48.3 Å². The lowest BCUT2D eigenvalue weighted by molar-refractivity contribution is -0.242. The predicted molar refractivity (Wildman–Crippen MR) is 130 cm³/mol. The summed E-state index contributed by atoms with van der Waals surface area (Å²) in [4.78, 5) is 12.0. The molecule has 0 fully saturated rings. The van der Waals surface area contributed by atoms with Gasteiger partial charge in [-0.3, -0.25) is 9.62 Å². The van der Waals surface area contributed by atoms with Crippen LogP contribution in [0.1, 0.15) is 43.9 Å². The summed E-state index contributed by atoms with van der Waals surface area (Å²) >= 11 is 0. The molecule has 36 heavy (non-hydrogen) atoms. The maximum absolute atomic E-state index is 13.5. The number of amides is 1. The van der Waals surface area contributed by atoms with Crippen molar-refractivity contribution >= 4 is 27.5 Å². The lowest BCUT2D eigenvalue weighted by Gasteiger charge is -2.38. The molecule has 0 aromatic heterocycles. The first-order valence-corrected chi connectivity index (χ1v) is 12.5. The van der Waals surface area contributed by atoms with Gasteiger partial charge in [0.05, 0.1) is 17.1 Å². The van der Waals surface area contributed by atoms with E-state index in [1.807, 2.05) is 20.8 Å². The van der Waals surface area contributed by atoms with Crippen LogP contribution in [0.4, 0.5) is 33.7 Å². The van der Waals surface area contributed by atoms with Crippen LogP contribution in [0.5, 0.6) is 5.75 Å². The van der Waals surface area contributed by atoms with Crippen LogP contribution in [0, 0.1) is 11.2 Å². The average molecular weight is 537 g/mol. The molecule has 2 aromatic rings. The molecule has 1 aliphatic heterocycles. The van der Waals surface area contributed by atoms with E-state index < -0.39 is 39.8 Å². The molecule has 0 aliphatic carbocycles. The molecule has 1 aliphatic rings. The lowest BCUT2D eigenvalue weighted by Crippen LogP contribution is -2.45. The van der Waals surface area contributed by atoms with E-state index in [-0.39, 0.29) is 36.8 Å². The summed E-state index contributed by atoms with van der Waals surface area (Å²) in [5.74, 6) is -0.399. The van der Waals surface area contributed by atoms with Crippen LogP contribution in [0.25, 0.3) is 0 Å². The van der Waals surface area contributed by atoms with Gasteiger partial charge in [-0.25, -0.2) is 17.6 Å². The van der Waals surface area contributed by atoms with Gasteiger partial charge in [-0.1, -0.05) is 20.8 Å². The zero-order valence-corrected chi connectivity index (χ0v) is 21.3. The van der Waals surface area contributed by atoms with Gasteiger partial charge in [-0.2, -0.15) is 13.2 Å². The summed E-state index contributed by atoms with van der Waals surface area (Å²) in [6.07, 6.45) is -6.16. The van der Waals surface area contributed by atoms with Gasteiger partial charge in [0.1, 0.15) is 17.7 Å². The van der Waals surface area contributed by atoms with Gasteiger partial charge in [0.15, 0.2) is 0 Å². The van der Waals surface area contributed by atoms with Crippen LogP contribution < -0.4 is 14.4 Å². The quantitative estimate of drug-likeness (QED) is 0.435. The maximum Gasteiger partial charge on any atom is 0.427 e. The Kier molecular flexibility index (Phi) is 7.24. The Morgan fingerprint density at radius 3 is 2.28 bits per heavy atom. The largest absolute Gasteiger partial charge is 0.486 e. The van der Waals surface area contributed by atoms with E-state index in [9.17, 15) is 30.8 Å². The van der Waals surface area contributed by atoms with E-state index in [0.29, 0.717) is 20.3 Å². The molecule has 1 atom stereocenters. The van der Waals surface area contributed by atoms with Crippen LogP contribution in [-0.4, -0.2) is 38.9 Å². The fourth-order valence-electron chi connectivity index (χ4n) is 3.57. The molecule has 12 heteroatoms. The van der Waals surface area contributed by atoms with Gasteiger partial charge in [-0.05, 0) is 68.1 Å². The van der Waals surface area contributed by atoms with Crippen molar-refractivity contribution in [1.82, 2.24) is 0 Å². The molecule has 0 saturated carbocycles. The van der Waals surface area contributed by atoms with E-state index in [1.54, 1.807) is 0 Å². The molecule has 0 unspecified atom stereocenters. The van der Waals surface area contributed by atoms with Crippen molar-refractivity contribution in [1.29, 1.82) is 0 Å². The predicted octanol–water partition coefficient (Wildman–Crippen LogP) is 6.60. The molecular formula is C24H32F4N2O5S. The number of sulfonamides is 1. The van der Waals surface area contributed by atoms with Gasteiger partial charge in [0.25, 0.3) is 10.0 Å². The van der Waals surface area contributed by atoms with Gasteiger partial charge >= 0.3 is 12.3 Å². The number of benzene rings is 2. The van der Waals surface area contributed by atoms with Crippen LogP contribution >= 0.6 is 0 Å². The zero-order valence-electron chi connectivity index (χ0n) is 20.4. The fourth-order valence-corrected chi connectivity index (χ4v) is 5.07. The Bertz CT molecular complexity index is 1230. The molecule has 1 amide bonds. The Balaban J connectivity index is 0.00000361. The van der Waals surface area contributed by atoms with E-state index >= 15 is 0 Å². The molecule has 1 heterocycles. The molecule has 2 aromatic carbocycles. The number of carbonyl (C=O) groups is 1. The number of halogens is 4. The monoisotopic (exact) mass is 536 g/mol. The average Bonchev–Trinajstić information content (AvgIpc) is 2.71. The number of carbonyl (C=O) groups excluding carboxylic acids is 1. The molecule has 1 N–H and O–H groups in total. The van der Waals surface area contributed by atoms with E-state index in [1.165, 1.54) is 18.2 Å². The third-order valence-corrected chi connectivity index (χ3v) is 7.20. The highest BCUT2D eigenvalue weighted by molar-refractivity contribution is 7.92. The zero-order chi connectivity index (χ0) is 27.1. The minimum atomic E-state index is -4.80. The molecular weight excluding hydrogens is 504 g/mol. The first kappa shape index (κ1) is 27.6. The van der Waals surface area contributed by atoms with Gasteiger partial charge in [0.2, 0.25) is 5.60 Å². The molecule has 0 bridgehead atoms. The van der Waals surface area contributed by atoms with E-state index in [4.69, 9.17) is 4.74 Å². The Labute approximate surface area is 210 Å². The summed E-state index contributed by atoms with van der Waals surface area (Å²) in [5, 5.41) is 2.20. The summed E-state index contributed by atoms with van der Waals surface area (Å²) in [5.41, 5.74) is -2.87. The van der Waals surface area contributed by atoms with Crippen LogP contribution in [0.3, 0.4) is 0 Å². The molecule has 3 rings (SSSR count). The molecule has 0 saturated heterocycles. The number of anilines is 2. The highest BCUT2D eigenvalue weighted by Crippen LogP contribution is 2.41. The van der Waals surface area contributed by atoms with Crippen LogP contribution in [0.15, 0.2) is 47.4 Å². The number of fused-ring (bicyclic) bond motifs is 1. The second-order valence-electron chi connectivity index (χ2n) is 10.2. The number of ether oxygens (including phenoxy) is 2. The molecule has 202 valence electrons. The van der Waals surface area contributed by atoms with Crippen LogP contribution in [0.2, 0.25) is 0 Å². The summed E-state index contributed by atoms with van der Waals surface area (Å²) < 4.78 is 91.3. The van der Waals surface area contributed by atoms with Crippen molar-refractivity contribution in [3.8, 4) is 5.75 Å². The maximum atomic E-state index is 13.5. The Morgan fingerprint density at radius 2 is 1.72 bits per heavy atom. The number of nitrogens with one attached hydrogen (secondary N) is 1. The van der Waals surface area contributed by atoms with Gasteiger partial charge in [-0.15, -0.1) is 0 Å². The fraction of sp³-hybridized carbons (Fsp3) is 0.458. The number of hydrogen-bond donors (Lipinski definition) is 1. The second kappa shape index (κ2) is 9.45. The summed E-state index contributed by atoms with van der Waals surface area (Å²) in [6.45, 7) is 7.28. The minimum Gasteiger partial charge on any atom is -0.486 e. The van der Waals surface area contributed by atoms with Crippen molar-refractivity contribution in [3.63, 3.8) is 0 Å². The topological polar surface area (TPSA) is 84.9 Å². The smallest absolute Gasteiger partial charge is 0.427 e. The van der Waals surface area contributed by atoms with Gasteiger partial charge in [0, 0.05) is 8.54 Å². The highest BCUT2D eigenvalue weighted by Gasteiger charge is 2.51. The third kappa shape index (κ3) is 6.21. The minimum absolute atomic E-state index is 0. The standard InChI is InChI=1S/C24H28F4N2O5S.2H2/c1-22(2,3)13-17-14-30(36(32,33)18-9-6-15(25)7-10-18)19-12-16(8-11-20(19)34-17)29-21(31)35-23(4,5)24(26,27)28;;/h6-12,17H,13-14H2,1-5H3,(H,29,31);2*1H/t17-;;/m1../s1. The van der Waals surface area contributed by atoms with Crippen molar-refractivity contribution < 1.29 is 43.1 Å². The molecule has 7 nitrogen and oxygen atoms in total. The van der Waals surface area contributed by atoms with Gasteiger partial charge < -0.3 is 9.47 Å². The third-order valence-electron chi connectivity index (χ3n) is 5.41. The first-order chi connectivity index (χ1) is 16.4. The first-order valence-electron chi connectivity index (χ1n) is 11.0. The van der Waals surface area contributed by atoms with Crippen molar-refractivity contribution in [2.45, 2.75) is 63.8 Å². The SMILES string of the molecule is CC(C)(C)C[C@@H]1CN(S(=O)(=O)c2ccc(F)cc2)c2cc(NC(=O)OC(C)(C)C(F)(F)F)ccc2O1.[HH].[HH]. The Hall–Kier alpha value is -3.02. The van der Waals surface area contributed by atoms with E-state index in [2.05, 4.69) is 10.1 Å². The van der Waals surface area contributed by atoms with Crippen LogP contribution in [-0.2, 0) is 14.8 Å². The van der Waals surface area contributed by atoms with E-state index in [0.717, 1.165) is 28.6 Å². The summed E-state index contributed by atoms with van der Waals surface area (Å²) in [6, 6.07) is 8.37.